The van der Waals surface area contributed by atoms with E-state index in [1.54, 1.807) is 27.7 Å². The van der Waals surface area contributed by atoms with Crippen LogP contribution in [0.25, 0.3) is 0 Å². The molecule has 0 spiro atoms. The fourth-order valence-electron chi connectivity index (χ4n) is 1.65. The first-order chi connectivity index (χ1) is 11.9. The van der Waals surface area contributed by atoms with Crippen molar-refractivity contribution in [3.63, 3.8) is 0 Å². The van der Waals surface area contributed by atoms with Gasteiger partial charge in [0.1, 0.15) is 4.90 Å². The molecule has 146 valence electrons. The number of benzene rings is 1. The van der Waals surface area contributed by atoms with Gasteiger partial charge in [-0.15, -0.1) is 0 Å². The van der Waals surface area contributed by atoms with Gasteiger partial charge < -0.3 is 14.2 Å². The summed E-state index contributed by atoms with van der Waals surface area (Å²) in [5.41, 5.74) is 0. The van der Waals surface area contributed by atoms with Gasteiger partial charge >= 0.3 is 12.2 Å². The lowest BCUT2D eigenvalue weighted by Crippen LogP contribution is -2.35. The molecular weight excluding hydrogens is 498 g/mol. The summed E-state index contributed by atoms with van der Waals surface area (Å²) in [7, 11) is -3.32. The summed E-state index contributed by atoms with van der Waals surface area (Å²) in [6, 6.07) is 2.70. The van der Waals surface area contributed by atoms with Crippen LogP contribution in [0, 0.1) is 0 Å². The van der Waals surface area contributed by atoms with E-state index in [-0.39, 0.29) is 10.2 Å². The van der Waals surface area contributed by atoms with Crippen LogP contribution in [-0.4, -0.2) is 44.2 Å². The lowest BCUT2D eigenvalue weighted by atomic mass is 10.3. The molecule has 0 heterocycles. The third-order valence-corrected chi connectivity index (χ3v) is 5.50. The highest BCUT2D eigenvalue weighted by atomic mass is 79.9. The molecule has 11 heteroatoms. The van der Waals surface area contributed by atoms with E-state index in [1.807, 2.05) is 0 Å². The van der Waals surface area contributed by atoms with Gasteiger partial charge in [-0.1, -0.05) is 15.9 Å². The van der Waals surface area contributed by atoms with Crippen molar-refractivity contribution in [2.75, 3.05) is 7.05 Å². The van der Waals surface area contributed by atoms with Gasteiger partial charge in [0, 0.05) is 11.5 Å². The number of carbonyl (C=O) groups excluding carboxylic acids is 2. The Bertz CT molecular complexity index is 793. The zero-order chi connectivity index (χ0) is 20.2. The van der Waals surface area contributed by atoms with Crippen molar-refractivity contribution in [1.29, 1.82) is 0 Å². The maximum absolute atomic E-state index is 12.8. The van der Waals surface area contributed by atoms with E-state index in [1.165, 1.54) is 12.1 Å². The summed E-state index contributed by atoms with van der Waals surface area (Å²) in [5.74, 6) is -0.303. The number of hydrogen-bond acceptors (Lipinski definition) is 7. The molecule has 0 bridgehead atoms. The van der Waals surface area contributed by atoms with E-state index >= 15 is 0 Å². The minimum absolute atomic E-state index is 0.178. The molecule has 0 aliphatic rings. The number of halogens is 2. The minimum Gasteiger partial charge on any atom is -0.446 e. The molecule has 1 amide bonds. The predicted octanol–water partition coefficient (Wildman–Crippen LogP) is 4.30. The number of nitrogens with zero attached hydrogens (tertiary/aromatic N) is 1. The summed E-state index contributed by atoms with van der Waals surface area (Å²) < 4.78 is 41.5. The quantitative estimate of drug-likeness (QED) is 0.424. The highest BCUT2D eigenvalue weighted by Gasteiger charge is 2.33. The molecule has 0 radical (unpaired) electrons. The largest absolute Gasteiger partial charge is 0.514 e. The molecule has 8 nitrogen and oxygen atoms in total. The highest BCUT2D eigenvalue weighted by Crippen LogP contribution is 2.37. The number of amides is 1. The Balaban J connectivity index is 3.37. The smallest absolute Gasteiger partial charge is 0.446 e. The monoisotopic (exact) mass is 515 g/mol. The van der Waals surface area contributed by atoms with Crippen LogP contribution in [0.15, 0.2) is 26.0 Å². The van der Waals surface area contributed by atoms with Gasteiger partial charge in [-0.2, -0.15) is 0 Å². The maximum Gasteiger partial charge on any atom is 0.514 e. The second-order valence-electron chi connectivity index (χ2n) is 5.64. The van der Waals surface area contributed by atoms with Crippen molar-refractivity contribution in [2.24, 2.45) is 0 Å². The molecule has 0 N–H and O–H groups in total. The zero-order valence-corrected chi connectivity index (χ0v) is 18.8. The molecule has 26 heavy (non-hydrogen) atoms. The van der Waals surface area contributed by atoms with Gasteiger partial charge in [-0.05, 0) is 55.8 Å². The van der Waals surface area contributed by atoms with Crippen LogP contribution in [0.5, 0.6) is 5.75 Å². The fraction of sp³-hybridized carbons (Fsp3) is 0.467. The van der Waals surface area contributed by atoms with E-state index in [4.69, 9.17) is 14.2 Å². The SMILES string of the molecule is CC(C)OC(=O)Oc1c(Br)cc(Br)cc1S(=O)(=O)N(C)C(=O)OC(C)C. The second kappa shape index (κ2) is 9.05. The Morgan fingerprint density at radius 3 is 2.08 bits per heavy atom. The average Bonchev–Trinajstić information content (AvgIpc) is 2.47. The fourth-order valence-corrected chi connectivity index (χ4v) is 4.43. The number of hydrogen-bond donors (Lipinski definition) is 0. The molecule has 0 aromatic heterocycles. The normalized spacial score (nSPS) is 11.4. The minimum atomic E-state index is -4.37. The van der Waals surface area contributed by atoms with Crippen molar-refractivity contribution < 1.29 is 32.2 Å². The first kappa shape index (κ1) is 22.7. The Labute approximate surface area is 169 Å². The summed E-state index contributed by atoms with van der Waals surface area (Å²) in [6.45, 7) is 6.41. The average molecular weight is 517 g/mol. The Hall–Kier alpha value is -1.33. The maximum atomic E-state index is 12.8. The topological polar surface area (TPSA) is 99.2 Å². The number of rotatable bonds is 5. The third kappa shape index (κ3) is 5.85. The molecule has 0 saturated heterocycles. The van der Waals surface area contributed by atoms with Gasteiger partial charge in [0.15, 0.2) is 5.75 Å². The predicted molar refractivity (Wildman–Crippen MR) is 101 cm³/mol. The van der Waals surface area contributed by atoms with Crippen LogP contribution in [-0.2, 0) is 19.5 Å². The highest BCUT2D eigenvalue weighted by molar-refractivity contribution is 9.11. The van der Waals surface area contributed by atoms with Crippen LogP contribution in [0.3, 0.4) is 0 Å². The van der Waals surface area contributed by atoms with Gasteiger partial charge in [0.25, 0.3) is 10.0 Å². The van der Waals surface area contributed by atoms with Gasteiger partial charge in [-0.3, -0.25) is 0 Å². The molecule has 0 aliphatic carbocycles. The Morgan fingerprint density at radius 1 is 1.04 bits per heavy atom. The van der Waals surface area contributed by atoms with Crippen LogP contribution < -0.4 is 4.74 Å². The van der Waals surface area contributed by atoms with Gasteiger partial charge in [0.05, 0.1) is 16.7 Å². The van der Waals surface area contributed by atoms with Crippen molar-refractivity contribution in [3.05, 3.63) is 21.1 Å². The van der Waals surface area contributed by atoms with Gasteiger partial charge in [0.2, 0.25) is 0 Å². The van der Waals surface area contributed by atoms with E-state index in [2.05, 4.69) is 31.9 Å². The molecule has 1 aromatic rings. The summed E-state index contributed by atoms with van der Waals surface area (Å²) in [6.07, 6.45) is -3.11. The summed E-state index contributed by atoms with van der Waals surface area (Å²) in [5, 5.41) is 0. The molecule has 0 fully saturated rings. The van der Waals surface area contributed by atoms with Crippen LogP contribution in [0.1, 0.15) is 27.7 Å². The third-order valence-electron chi connectivity index (χ3n) is 2.72. The van der Waals surface area contributed by atoms with E-state index in [9.17, 15) is 18.0 Å². The van der Waals surface area contributed by atoms with Crippen molar-refractivity contribution >= 4 is 54.1 Å². The molecule has 1 rings (SSSR count). The molecule has 0 unspecified atom stereocenters. The van der Waals surface area contributed by atoms with Crippen LogP contribution in [0.2, 0.25) is 0 Å². The molecule has 0 saturated carbocycles. The number of carbonyl (C=O) groups is 2. The summed E-state index contributed by atoms with van der Waals surface area (Å²) in [4.78, 5) is 23.4. The molecular formula is C15H19Br2NO7S. The Kier molecular flexibility index (Phi) is 7.90. The lowest BCUT2D eigenvalue weighted by Gasteiger charge is -2.21. The summed E-state index contributed by atoms with van der Waals surface area (Å²) >= 11 is 6.32. The Morgan fingerprint density at radius 2 is 1.58 bits per heavy atom. The molecule has 0 atom stereocenters. The molecule has 0 aliphatic heterocycles. The molecule has 1 aromatic carbocycles. The first-order valence-electron chi connectivity index (χ1n) is 7.43. The standard InChI is InChI=1S/C15H19Br2NO7S/c1-8(2)23-14(19)18(5)26(21,22)12-7-10(16)6-11(17)13(12)25-15(20)24-9(3)4/h6-9H,1-5H3. The van der Waals surface area contributed by atoms with Crippen molar-refractivity contribution in [3.8, 4) is 5.75 Å². The van der Waals surface area contributed by atoms with Gasteiger partial charge in [-0.25, -0.2) is 22.3 Å². The zero-order valence-electron chi connectivity index (χ0n) is 14.8. The van der Waals surface area contributed by atoms with E-state index in [0.717, 1.165) is 7.05 Å². The first-order valence-corrected chi connectivity index (χ1v) is 10.5. The van der Waals surface area contributed by atoms with Crippen molar-refractivity contribution in [1.82, 2.24) is 4.31 Å². The van der Waals surface area contributed by atoms with E-state index < -0.39 is 39.4 Å². The van der Waals surface area contributed by atoms with Crippen LogP contribution >= 0.6 is 31.9 Å². The number of ether oxygens (including phenoxy) is 3. The van der Waals surface area contributed by atoms with E-state index in [0.29, 0.717) is 8.78 Å². The number of sulfonamides is 1. The second-order valence-corrected chi connectivity index (χ2v) is 9.35. The van der Waals surface area contributed by atoms with Crippen LogP contribution in [0.4, 0.5) is 9.59 Å². The lowest BCUT2D eigenvalue weighted by molar-refractivity contribution is 0.0718. The van der Waals surface area contributed by atoms with Crippen molar-refractivity contribution in [2.45, 2.75) is 44.8 Å².